The molecule has 0 rings (SSSR count). The van der Waals surface area contributed by atoms with Crippen LogP contribution in [0.3, 0.4) is 0 Å². The highest BCUT2D eigenvalue weighted by molar-refractivity contribution is 9.12. The molecule has 0 bridgehead atoms. The maximum absolute atomic E-state index is 9.80. The average molecular weight is 282 g/mol. The smallest absolute Gasteiger partial charge is 0.257 e. The number of halogens is 2. The lowest BCUT2D eigenvalue weighted by Gasteiger charge is -1.99. The first-order chi connectivity index (χ1) is 4.16. The Balaban J connectivity index is 3.27. The van der Waals surface area contributed by atoms with E-state index in [2.05, 4.69) is 36.0 Å². The second kappa shape index (κ2) is 5.64. The molecule has 0 saturated carbocycles. The van der Waals surface area contributed by atoms with Crippen molar-refractivity contribution in [1.29, 1.82) is 0 Å². The Hall–Kier alpha value is 0.870. The van der Waals surface area contributed by atoms with Crippen molar-refractivity contribution < 1.29 is 12.6 Å². The minimum absolute atomic E-state index is 0.0606. The summed E-state index contributed by atoms with van der Waals surface area (Å²) in [6.07, 6.45) is 0. The summed E-state index contributed by atoms with van der Waals surface area (Å²) in [6.45, 7) is 0.184. The standard InChI is InChI=1S/C3H6Br2O3S/c4-1-3(5)2-8-9(6)7/h3,9H,1-2H2. The van der Waals surface area contributed by atoms with E-state index in [9.17, 15) is 8.42 Å². The topological polar surface area (TPSA) is 43.4 Å². The van der Waals surface area contributed by atoms with E-state index in [4.69, 9.17) is 0 Å². The van der Waals surface area contributed by atoms with E-state index >= 15 is 0 Å². The van der Waals surface area contributed by atoms with Gasteiger partial charge in [-0.15, -0.1) is 0 Å². The van der Waals surface area contributed by atoms with E-state index in [1.165, 1.54) is 0 Å². The van der Waals surface area contributed by atoms with Crippen LogP contribution in [0.5, 0.6) is 0 Å². The third-order valence-electron chi connectivity index (χ3n) is 0.528. The molecule has 9 heavy (non-hydrogen) atoms. The van der Waals surface area contributed by atoms with E-state index in [0.29, 0.717) is 5.33 Å². The number of hydrogen-bond donors (Lipinski definition) is 1. The van der Waals surface area contributed by atoms with Gasteiger partial charge in [-0.25, -0.2) is 8.42 Å². The van der Waals surface area contributed by atoms with Gasteiger partial charge in [-0.1, -0.05) is 31.9 Å². The van der Waals surface area contributed by atoms with E-state index < -0.39 is 11.0 Å². The predicted molar refractivity (Wildman–Crippen MR) is 42.8 cm³/mol. The summed E-state index contributed by atoms with van der Waals surface area (Å²) < 4.78 is 23.9. The van der Waals surface area contributed by atoms with Gasteiger partial charge >= 0.3 is 0 Å². The molecule has 0 aromatic rings. The molecule has 56 valence electrons. The van der Waals surface area contributed by atoms with Crippen molar-refractivity contribution >= 4 is 42.8 Å². The normalized spacial score (nSPS) is 14.1. The minimum atomic E-state index is -2.69. The molecule has 0 aromatic heterocycles. The molecule has 6 heteroatoms. The molecule has 0 aromatic carbocycles. The van der Waals surface area contributed by atoms with Gasteiger partial charge in [0.1, 0.15) is 0 Å². The molecule has 1 atom stereocenters. The lowest BCUT2D eigenvalue weighted by atomic mass is 10.5. The maximum atomic E-state index is 9.80. The SMILES string of the molecule is O=[SH](=O)OCC(Br)CBr. The van der Waals surface area contributed by atoms with Crippen LogP contribution >= 0.6 is 31.9 Å². The van der Waals surface area contributed by atoms with Crippen LogP contribution in [0, 0.1) is 0 Å². The van der Waals surface area contributed by atoms with Crippen LogP contribution in [0.2, 0.25) is 0 Å². The summed E-state index contributed by atoms with van der Waals surface area (Å²) >= 11 is 6.31. The van der Waals surface area contributed by atoms with Crippen molar-refractivity contribution in [2.75, 3.05) is 11.9 Å². The van der Waals surface area contributed by atoms with Gasteiger partial charge in [-0.05, 0) is 0 Å². The quantitative estimate of drug-likeness (QED) is 0.609. The van der Waals surface area contributed by atoms with Crippen molar-refractivity contribution in [3.05, 3.63) is 0 Å². The molecule has 0 N–H and O–H groups in total. The van der Waals surface area contributed by atoms with Crippen LogP contribution in [-0.4, -0.2) is 25.2 Å². The lowest BCUT2D eigenvalue weighted by molar-refractivity contribution is 0.340. The number of hydrogen-bond acceptors (Lipinski definition) is 3. The van der Waals surface area contributed by atoms with Crippen molar-refractivity contribution in [3.8, 4) is 0 Å². The first kappa shape index (κ1) is 9.87. The zero-order valence-corrected chi connectivity index (χ0v) is 8.49. The second-order valence-electron chi connectivity index (χ2n) is 1.27. The van der Waals surface area contributed by atoms with Gasteiger partial charge < -0.3 is 0 Å². The Morgan fingerprint density at radius 2 is 2.11 bits per heavy atom. The summed E-state index contributed by atoms with van der Waals surface area (Å²) in [6, 6.07) is 0. The van der Waals surface area contributed by atoms with Gasteiger partial charge in [0, 0.05) is 10.2 Å². The maximum Gasteiger partial charge on any atom is 0.257 e. The average Bonchev–Trinajstić information content (AvgIpc) is 1.83. The molecule has 0 fully saturated rings. The van der Waals surface area contributed by atoms with Crippen molar-refractivity contribution in [3.63, 3.8) is 0 Å². The highest BCUT2D eigenvalue weighted by atomic mass is 79.9. The fourth-order valence-electron chi connectivity index (χ4n) is 0.186. The van der Waals surface area contributed by atoms with Crippen molar-refractivity contribution in [2.24, 2.45) is 0 Å². The molecule has 0 aliphatic carbocycles. The molecule has 0 heterocycles. The molecule has 3 nitrogen and oxygen atoms in total. The summed E-state index contributed by atoms with van der Waals surface area (Å²) in [5.74, 6) is 0. The number of rotatable bonds is 4. The molecular weight excluding hydrogens is 276 g/mol. The van der Waals surface area contributed by atoms with E-state index in [-0.39, 0.29) is 11.4 Å². The zero-order chi connectivity index (χ0) is 7.28. The van der Waals surface area contributed by atoms with E-state index in [0.717, 1.165) is 0 Å². The van der Waals surface area contributed by atoms with Crippen molar-refractivity contribution in [2.45, 2.75) is 4.83 Å². The van der Waals surface area contributed by atoms with Gasteiger partial charge in [0.05, 0.1) is 6.61 Å². The summed E-state index contributed by atoms with van der Waals surface area (Å²) in [7, 11) is -2.69. The fourth-order valence-corrected chi connectivity index (χ4v) is 1.01. The molecule has 0 aliphatic heterocycles. The van der Waals surface area contributed by atoms with Crippen molar-refractivity contribution in [1.82, 2.24) is 0 Å². The highest BCUT2D eigenvalue weighted by Gasteiger charge is 2.00. The lowest BCUT2D eigenvalue weighted by Crippen LogP contribution is -2.08. The molecule has 0 aliphatic rings. The number of thiol groups is 1. The summed E-state index contributed by atoms with van der Waals surface area (Å²) in [5, 5.41) is 0.677. The fraction of sp³-hybridized carbons (Fsp3) is 1.00. The van der Waals surface area contributed by atoms with Crippen LogP contribution in [-0.2, 0) is 15.2 Å². The largest absolute Gasteiger partial charge is 0.271 e. The first-order valence-corrected chi connectivity index (χ1v) is 5.27. The minimum Gasteiger partial charge on any atom is -0.271 e. The molecule has 0 saturated heterocycles. The van der Waals surface area contributed by atoms with Gasteiger partial charge in [0.25, 0.3) is 11.0 Å². The molecule has 1 unspecified atom stereocenters. The van der Waals surface area contributed by atoms with E-state index in [1.54, 1.807) is 0 Å². The molecular formula is C3H6Br2O3S. The van der Waals surface area contributed by atoms with Crippen LogP contribution in [0.25, 0.3) is 0 Å². The van der Waals surface area contributed by atoms with Crippen LogP contribution in [0.15, 0.2) is 0 Å². The Morgan fingerprint density at radius 3 is 2.44 bits per heavy atom. The third-order valence-corrected chi connectivity index (χ3v) is 3.13. The Morgan fingerprint density at radius 1 is 1.56 bits per heavy atom. The number of alkyl halides is 2. The second-order valence-corrected chi connectivity index (χ2v) is 3.92. The third kappa shape index (κ3) is 6.76. The molecule has 0 radical (unpaired) electrons. The van der Waals surface area contributed by atoms with Crippen LogP contribution in [0.4, 0.5) is 0 Å². The van der Waals surface area contributed by atoms with Crippen LogP contribution in [0.1, 0.15) is 0 Å². The Bertz CT molecular complexity index is 127. The molecule has 0 spiro atoms. The van der Waals surface area contributed by atoms with Gasteiger partial charge in [-0.2, -0.15) is 0 Å². The predicted octanol–water partition coefficient (Wildman–Crippen LogP) is 0.688. The Kier molecular flexibility index (Phi) is 6.18. The highest BCUT2D eigenvalue weighted by Crippen LogP contribution is 2.03. The summed E-state index contributed by atoms with van der Waals surface area (Å²) in [5.41, 5.74) is 0. The summed E-state index contributed by atoms with van der Waals surface area (Å²) in [4.78, 5) is 0.0606. The van der Waals surface area contributed by atoms with Gasteiger partial charge in [-0.3, -0.25) is 4.18 Å². The van der Waals surface area contributed by atoms with Gasteiger partial charge in [0.2, 0.25) is 0 Å². The Labute approximate surface area is 72.2 Å². The van der Waals surface area contributed by atoms with E-state index in [1.807, 2.05) is 0 Å². The van der Waals surface area contributed by atoms with Gasteiger partial charge in [0.15, 0.2) is 0 Å². The monoisotopic (exact) mass is 280 g/mol. The zero-order valence-electron chi connectivity index (χ0n) is 4.42. The van der Waals surface area contributed by atoms with Crippen LogP contribution < -0.4 is 0 Å². The molecule has 0 amide bonds. The first-order valence-electron chi connectivity index (χ1n) is 2.14.